The maximum absolute atomic E-state index is 11.4. The minimum absolute atomic E-state index is 0.0594. The summed E-state index contributed by atoms with van der Waals surface area (Å²) in [5.74, 6) is 0.166. The molecule has 0 atom stereocenters. The van der Waals surface area contributed by atoms with Gasteiger partial charge >= 0.3 is 0 Å². The Morgan fingerprint density at radius 1 is 1.32 bits per heavy atom. The van der Waals surface area contributed by atoms with E-state index in [0.29, 0.717) is 24.3 Å². The zero-order valence-electron chi connectivity index (χ0n) is 10.3. The fourth-order valence-electron chi connectivity index (χ4n) is 2.16. The summed E-state index contributed by atoms with van der Waals surface area (Å²) in [5, 5.41) is 11.0. The van der Waals surface area contributed by atoms with Gasteiger partial charge in [0.15, 0.2) is 9.84 Å². The largest absolute Gasteiger partial charge is 0.368 e. The first-order chi connectivity index (χ1) is 8.80. The van der Waals surface area contributed by atoms with Gasteiger partial charge in [0.2, 0.25) is 0 Å². The molecule has 1 aliphatic heterocycles. The third-order valence-electron chi connectivity index (χ3n) is 3.11. The van der Waals surface area contributed by atoms with Gasteiger partial charge in [0, 0.05) is 25.2 Å². The number of nitro groups is 1. The molecule has 0 aromatic heterocycles. The number of benzene rings is 1. The summed E-state index contributed by atoms with van der Waals surface area (Å²) in [7, 11) is -2.96. The van der Waals surface area contributed by atoms with Gasteiger partial charge in [0.05, 0.1) is 27.1 Å². The van der Waals surface area contributed by atoms with E-state index in [0.717, 1.165) is 0 Å². The lowest BCUT2D eigenvalue weighted by molar-refractivity contribution is -0.384. The first kappa shape index (κ1) is 14.1. The molecule has 0 unspecified atom stereocenters. The molecule has 6 nitrogen and oxygen atoms in total. The van der Waals surface area contributed by atoms with Crippen LogP contribution in [0.2, 0.25) is 5.02 Å². The number of hydrogen-bond donors (Lipinski definition) is 0. The Kier molecular flexibility index (Phi) is 3.69. The lowest BCUT2D eigenvalue weighted by Gasteiger charge is -2.30. The van der Waals surface area contributed by atoms with E-state index in [2.05, 4.69) is 0 Å². The van der Waals surface area contributed by atoms with E-state index in [9.17, 15) is 18.5 Å². The SMILES string of the molecule is Cc1cc([N+](=O)[O-])cc(Cl)c1N1CCS(=O)(=O)CC1. The van der Waals surface area contributed by atoms with Crippen LogP contribution in [-0.4, -0.2) is 37.9 Å². The van der Waals surface area contributed by atoms with E-state index in [4.69, 9.17) is 11.6 Å². The van der Waals surface area contributed by atoms with Crippen LogP contribution in [0.5, 0.6) is 0 Å². The van der Waals surface area contributed by atoms with Crippen molar-refractivity contribution in [1.29, 1.82) is 0 Å². The number of anilines is 1. The van der Waals surface area contributed by atoms with E-state index in [-0.39, 0.29) is 22.2 Å². The number of nitrogens with zero attached hydrogens (tertiary/aromatic N) is 2. The first-order valence-corrected chi connectivity index (χ1v) is 7.90. The minimum Gasteiger partial charge on any atom is -0.368 e. The minimum atomic E-state index is -2.96. The Hall–Kier alpha value is -1.34. The van der Waals surface area contributed by atoms with Crippen molar-refractivity contribution in [3.8, 4) is 0 Å². The Balaban J connectivity index is 2.34. The third kappa shape index (κ3) is 2.98. The molecule has 0 spiro atoms. The van der Waals surface area contributed by atoms with Crippen molar-refractivity contribution in [2.45, 2.75) is 6.92 Å². The van der Waals surface area contributed by atoms with Crippen LogP contribution in [0, 0.1) is 17.0 Å². The molecule has 1 heterocycles. The summed E-state index contributed by atoms with van der Waals surface area (Å²) in [4.78, 5) is 12.1. The average molecular weight is 305 g/mol. The Bertz CT molecular complexity index is 593. The van der Waals surface area contributed by atoms with Crippen LogP contribution in [-0.2, 0) is 9.84 Å². The Labute approximate surface area is 116 Å². The van der Waals surface area contributed by atoms with Crippen molar-refractivity contribution in [2.75, 3.05) is 29.5 Å². The summed E-state index contributed by atoms with van der Waals surface area (Å²) in [6, 6.07) is 2.75. The molecule has 19 heavy (non-hydrogen) atoms. The van der Waals surface area contributed by atoms with Gasteiger partial charge in [-0.05, 0) is 12.5 Å². The van der Waals surface area contributed by atoms with Crippen LogP contribution in [0.3, 0.4) is 0 Å². The molecule has 0 radical (unpaired) electrons. The molecule has 1 aliphatic rings. The van der Waals surface area contributed by atoms with E-state index >= 15 is 0 Å². The molecular formula is C11H13ClN2O4S. The van der Waals surface area contributed by atoms with Gasteiger partial charge < -0.3 is 4.90 Å². The fraction of sp³-hybridized carbons (Fsp3) is 0.455. The maximum atomic E-state index is 11.4. The van der Waals surface area contributed by atoms with Gasteiger partial charge in [0.1, 0.15) is 0 Å². The lowest BCUT2D eigenvalue weighted by atomic mass is 10.1. The van der Waals surface area contributed by atoms with Gasteiger partial charge in [-0.25, -0.2) is 8.42 Å². The highest BCUT2D eigenvalue weighted by atomic mass is 35.5. The van der Waals surface area contributed by atoms with Crippen molar-refractivity contribution in [3.05, 3.63) is 32.8 Å². The molecule has 8 heteroatoms. The summed E-state index contributed by atoms with van der Waals surface area (Å²) in [5.41, 5.74) is 1.30. The van der Waals surface area contributed by atoms with Gasteiger partial charge in [0.25, 0.3) is 5.69 Å². The number of halogens is 1. The predicted octanol–water partition coefficient (Wildman–Crippen LogP) is 1.79. The number of sulfone groups is 1. The van der Waals surface area contributed by atoms with Gasteiger partial charge in [-0.1, -0.05) is 11.6 Å². The van der Waals surface area contributed by atoms with Crippen molar-refractivity contribution < 1.29 is 13.3 Å². The molecular weight excluding hydrogens is 292 g/mol. The molecule has 0 N–H and O–H groups in total. The smallest absolute Gasteiger partial charge is 0.271 e. The van der Waals surface area contributed by atoms with Gasteiger partial charge in [-0.15, -0.1) is 0 Å². The molecule has 0 amide bonds. The molecule has 1 aromatic rings. The zero-order valence-corrected chi connectivity index (χ0v) is 11.9. The normalized spacial score (nSPS) is 18.3. The highest BCUT2D eigenvalue weighted by Crippen LogP contribution is 2.34. The molecule has 2 rings (SSSR count). The predicted molar refractivity (Wildman–Crippen MR) is 73.7 cm³/mol. The van der Waals surface area contributed by atoms with Gasteiger partial charge in [-0.3, -0.25) is 10.1 Å². The second-order valence-electron chi connectivity index (χ2n) is 4.49. The van der Waals surface area contributed by atoms with Crippen LogP contribution >= 0.6 is 11.6 Å². The second kappa shape index (κ2) is 4.97. The second-order valence-corrected chi connectivity index (χ2v) is 7.20. The molecule has 1 saturated heterocycles. The lowest BCUT2D eigenvalue weighted by Crippen LogP contribution is -2.40. The van der Waals surface area contributed by atoms with Crippen molar-refractivity contribution in [1.82, 2.24) is 0 Å². The van der Waals surface area contributed by atoms with Crippen LogP contribution in [0.25, 0.3) is 0 Å². The van der Waals surface area contributed by atoms with E-state index in [1.54, 1.807) is 6.92 Å². The summed E-state index contributed by atoms with van der Waals surface area (Å²) in [6.07, 6.45) is 0. The standard InChI is InChI=1S/C11H13ClN2O4S/c1-8-6-9(14(15)16)7-10(12)11(8)13-2-4-19(17,18)5-3-13/h6-7H,2-5H2,1H3. The van der Waals surface area contributed by atoms with Crippen molar-refractivity contribution >= 4 is 32.8 Å². The molecule has 1 aromatic carbocycles. The van der Waals surface area contributed by atoms with Crippen LogP contribution in [0.1, 0.15) is 5.56 Å². The molecule has 0 aliphatic carbocycles. The number of hydrogen-bond acceptors (Lipinski definition) is 5. The zero-order chi connectivity index (χ0) is 14.2. The molecule has 0 saturated carbocycles. The Morgan fingerprint density at radius 2 is 1.89 bits per heavy atom. The summed E-state index contributed by atoms with van der Waals surface area (Å²) in [6.45, 7) is 2.46. The number of nitro benzene ring substituents is 1. The highest BCUT2D eigenvalue weighted by molar-refractivity contribution is 7.91. The van der Waals surface area contributed by atoms with Gasteiger partial charge in [-0.2, -0.15) is 0 Å². The number of non-ortho nitro benzene ring substituents is 1. The summed E-state index contributed by atoms with van der Waals surface area (Å²) < 4.78 is 22.8. The van der Waals surface area contributed by atoms with Crippen molar-refractivity contribution in [2.24, 2.45) is 0 Å². The Morgan fingerprint density at radius 3 is 2.37 bits per heavy atom. The fourth-order valence-corrected chi connectivity index (χ4v) is 3.74. The summed E-state index contributed by atoms with van der Waals surface area (Å²) >= 11 is 6.09. The number of rotatable bonds is 2. The van der Waals surface area contributed by atoms with Crippen LogP contribution in [0.15, 0.2) is 12.1 Å². The van der Waals surface area contributed by atoms with E-state index < -0.39 is 14.8 Å². The average Bonchev–Trinajstić information content (AvgIpc) is 2.30. The first-order valence-electron chi connectivity index (χ1n) is 5.70. The highest BCUT2D eigenvalue weighted by Gasteiger charge is 2.25. The quantitative estimate of drug-likeness (QED) is 0.614. The monoisotopic (exact) mass is 304 g/mol. The third-order valence-corrected chi connectivity index (χ3v) is 5.01. The number of aryl methyl sites for hydroxylation is 1. The van der Waals surface area contributed by atoms with Crippen molar-refractivity contribution in [3.63, 3.8) is 0 Å². The van der Waals surface area contributed by atoms with E-state index in [1.807, 2.05) is 4.90 Å². The molecule has 1 fully saturated rings. The van der Waals surface area contributed by atoms with Crippen LogP contribution < -0.4 is 4.90 Å². The molecule has 104 valence electrons. The van der Waals surface area contributed by atoms with Crippen LogP contribution in [0.4, 0.5) is 11.4 Å². The van der Waals surface area contributed by atoms with E-state index in [1.165, 1.54) is 12.1 Å². The molecule has 0 bridgehead atoms. The topological polar surface area (TPSA) is 80.5 Å². The maximum Gasteiger partial charge on any atom is 0.271 e.